The van der Waals surface area contributed by atoms with Crippen LogP contribution in [0, 0.1) is 0 Å². The predicted molar refractivity (Wildman–Crippen MR) is 105 cm³/mol. The van der Waals surface area contributed by atoms with Crippen molar-refractivity contribution in [3.63, 3.8) is 0 Å². The molecule has 0 aliphatic rings. The molecule has 4 N–H and O–H groups in total. The zero-order valence-electron chi connectivity index (χ0n) is 15.4. The molecule has 0 saturated heterocycles. The van der Waals surface area contributed by atoms with Crippen molar-refractivity contribution in [2.45, 2.75) is 16.3 Å². The van der Waals surface area contributed by atoms with Crippen LogP contribution in [0.5, 0.6) is 0 Å². The van der Waals surface area contributed by atoms with Crippen LogP contribution in [0.1, 0.15) is 5.56 Å². The first-order valence-corrected chi connectivity index (χ1v) is 11.1. The molecule has 152 valence electrons. The van der Waals surface area contributed by atoms with Gasteiger partial charge in [0.2, 0.25) is 26.0 Å². The number of anilines is 1. The first-order chi connectivity index (χ1) is 13.0. The second-order valence-corrected chi connectivity index (χ2v) is 9.87. The van der Waals surface area contributed by atoms with Crippen LogP contribution in [-0.2, 0) is 31.4 Å². The fourth-order valence-corrected chi connectivity index (χ4v) is 3.66. The smallest absolute Gasteiger partial charge is 0.242 e. The molecule has 2 aromatic rings. The van der Waals surface area contributed by atoms with E-state index >= 15 is 0 Å². The predicted octanol–water partition coefficient (Wildman–Crippen LogP) is 0.313. The average Bonchev–Trinajstić information content (AvgIpc) is 2.61. The highest BCUT2D eigenvalue weighted by atomic mass is 32.2. The van der Waals surface area contributed by atoms with Crippen molar-refractivity contribution in [2.24, 2.45) is 5.14 Å². The normalized spacial score (nSPS) is 12.1. The van der Waals surface area contributed by atoms with Gasteiger partial charge in [-0.3, -0.25) is 4.79 Å². The van der Waals surface area contributed by atoms with Gasteiger partial charge in [0.1, 0.15) is 0 Å². The van der Waals surface area contributed by atoms with Crippen LogP contribution >= 0.6 is 0 Å². The monoisotopic (exact) mass is 426 g/mol. The summed E-state index contributed by atoms with van der Waals surface area (Å²) < 4.78 is 47.5. The summed E-state index contributed by atoms with van der Waals surface area (Å²) in [6.45, 7) is 0.382. The maximum atomic E-state index is 12.0. The highest BCUT2D eigenvalue weighted by Gasteiger charge is 2.16. The lowest BCUT2D eigenvalue weighted by atomic mass is 10.2. The Hall–Kier alpha value is -2.31. The summed E-state index contributed by atoms with van der Waals surface area (Å²) in [5.41, 5.74) is 1.26. The quantitative estimate of drug-likeness (QED) is 0.555. The number of benzene rings is 2. The Labute approximate surface area is 164 Å². The average molecular weight is 427 g/mol. The maximum Gasteiger partial charge on any atom is 0.242 e. The molecule has 0 saturated carbocycles. The van der Waals surface area contributed by atoms with Crippen LogP contribution < -0.4 is 15.8 Å². The fraction of sp³-hybridized carbons (Fsp3) is 0.235. The fourth-order valence-electron chi connectivity index (χ4n) is 2.24. The van der Waals surface area contributed by atoms with E-state index in [1.807, 2.05) is 0 Å². The van der Waals surface area contributed by atoms with Gasteiger partial charge < -0.3 is 10.6 Å². The molecule has 11 heteroatoms. The Bertz CT molecular complexity index is 1030. The first-order valence-electron chi connectivity index (χ1n) is 8.15. The molecule has 2 rings (SSSR count). The first kappa shape index (κ1) is 22.0. The van der Waals surface area contributed by atoms with Crippen LogP contribution in [0.25, 0.3) is 0 Å². The molecule has 0 atom stereocenters. The Kier molecular flexibility index (Phi) is 6.91. The van der Waals surface area contributed by atoms with Crippen LogP contribution in [-0.4, -0.2) is 47.7 Å². The van der Waals surface area contributed by atoms with E-state index in [0.29, 0.717) is 12.2 Å². The molecule has 28 heavy (non-hydrogen) atoms. The highest BCUT2D eigenvalue weighted by molar-refractivity contribution is 7.89. The number of rotatable bonds is 8. The van der Waals surface area contributed by atoms with Crippen molar-refractivity contribution >= 4 is 31.6 Å². The van der Waals surface area contributed by atoms with Gasteiger partial charge in [0.05, 0.1) is 16.3 Å². The Morgan fingerprint density at radius 1 is 0.929 bits per heavy atom. The van der Waals surface area contributed by atoms with E-state index in [-0.39, 0.29) is 22.2 Å². The molecule has 0 fully saturated rings. The number of nitrogens with zero attached hydrogens (tertiary/aromatic N) is 1. The second kappa shape index (κ2) is 8.80. The SMILES string of the molecule is CN(C)S(=O)(=O)c1ccc(NC(=O)CNCc2ccc(S(N)(=O)=O)cc2)cc1. The third kappa shape index (κ3) is 5.84. The largest absolute Gasteiger partial charge is 0.325 e. The van der Waals surface area contributed by atoms with Crippen LogP contribution in [0.3, 0.4) is 0 Å². The summed E-state index contributed by atoms with van der Waals surface area (Å²) in [6, 6.07) is 11.9. The Balaban J connectivity index is 1.86. The van der Waals surface area contributed by atoms with Gasteiger partial charge in [0.15, 0.2) is 0 Å². The standard InChI is InChI=1S/C17H22N4O5S2/c1-21(2)28(25,26)16-9-5-14(6-10-16)20-17(22)12-19-11-13-3-7-15(8-4-13)27(18,23)24/h3-10,19H,11-12H2,1-2H3,(H,20,22)(H2,18,23,24). The summed E-state index contributed by atoms with van der Waals surface area (Å²) >= 11 is 0. The number of carbonyl (C=O) groups is 1. The Morgan fingerprint density at radius 2 is 1.46 bits per heavy atom. The number of nitrogens with one attached hydrogen (secondary N) is 2. The van der Waals surface area contributed by atoms with E-state index in [4.69, 9.17) is 5.14 Å². The molecule has 1 amide bonds. The lowest BCUT2D eigenvalue weighted by Gasteiger charge is -2.12. The van der Waals surface area contributed by atoms with E-state index in [1.165, 1.54) is 50.5 Å². The van der Waals surface area contributed by atoms with Crippen LogP contribution in [0.4, 0.5) is 5.69 Å². The van der Waals surface area contributed by atoms with E-state index < -0.39 is 20.0 Å². The molecule has 0 aliphatic carbocycles. The van der Waals surface area contributed by atoms with Gasteiger partial charge in [-0.25, -0.2) is 26.3 Å². The van der Waals surface area contributed by atoms with Crippen LogP contribution in [0.2, 0.25) is 0 Å². The van der Waals surface area contributed by atoms with Gasteiger partial charge in [0, 0.05) is 26.3 Å². The molecule has 0 aromatic heterocycles. The lowest BCUT2D eigenvalue weighted by Crippen LogP contribution is -2.27. The number of amides is 1. The number of hydrogen-bond acceptors (Lipinski definition) is 6. The van der Waals surface area contributed by atoms with Gasteiger partial charge in [-0.05, 0) is 42.0 Å². The van der Waals surface area contributed by atoms with E-state index in [9.17, 15) is 21.6 Å². The highest BCUT2D eigenvalue weighted by Crippen LogP contribution is 2.16. The number of hydrogen-bond donors (Lipinski definition) is 3. The lowest BCUT2D eigenvalue weighted by molar-refractivity contribution is -0.115. The van der Waals surface area contributed by atoms with Crippen molar-refractivity contribution < 1.29 is 21.6 Å². The molecule has 0 radical (unpaired) electrons. The van der Waals surface area contributed by atoms with Gasteiger partial charge in [-0.15, -0.1) is 0 Å². The molecular weight excluding hydrogens is 404 g/mol. The van der Waals surface area contributed by atoms with Crippen molar-refractivity contribution in [2.75, 3.05) is 26.0 Å². The van der Waals surface area contributed by atoms with Crippen molar-refractivity contribution in [3.8, 4) is 0 Å². The van der Waals surface area contributed by atoms with E-state index in [0.717, 1.165) is 9.87 Å². The maximum absolute atomic E-state index is 12.0. The number of sulfonamides is 2. The van der Waals surface area contributed by atoms with Gasteiger partial charge in [-0.1, -0.05) is 12.1 Å². The molecule has 0 unspecified atom stereocenters. The van der Waals surface area contributed by atoms with Crippen molar-refractivity contribution in [1.82, 2.24) is 9.62 Å². The Morgan fingerprint density at radius 3 is 1.96 bits per heavy atom. The molecule has 0 aliphatic heterocycles. The minimum Gasteiger partial charge on any atom is -0.325 e. The second-order valence-electron chi connectivity index (χ2n) is 6.15. The number of nitrogens with two attached hydrogens (primary N) is 1. The summed E-state index contributed by atoms with van der Waals surface area (Å²) in [6.07, 6.45) is 0. The van der Waals surface area contributed by atoms with Gasteiger partial charge in [-0.2, -0.15) is 0 Å². The molecule has 2 aromatic carbocycles. The van der Waals surface area contributed by atoms with Gasteiger partial charge >= 0.3 is 0 Å². The van der Waals surface area contributed by atoms with Gasteiger partial charge in [0.25, 0.3) is 0 Å². The summed E-state index contributed by atoms with van der Waals surface area (Å²) in [5, 5.41) is 10.6. The summed E-state index contributed by atoms with van der Waals surface area (Å²) in [4.78, 5) is 12.1. The molecule has 9 nitrogen and oxygen atoms in total. The number of carbonyl (C=O) groups excluding carboxylic acids is 1. The number of primary sulfonamides is 1. The summed E-state index contributed by atoms with van der Waals surface area (Å²) in [5.74, 6) is -0.302. The van der Waals surface area contributed by atoms with E-state index in [1.54, 1.807) is 12.1 Å². The summed E-state index contributed by atoms with van der Waals surface area (Å²) in [7, 11) is -4.36. The minimum absolute atomic E-state index is 0.0220. The van der Waals surface area contributed by atoms with Crippen LogP contribution in [0.15, 0.2) is 58.3 Å². The zero-order chi connectivity index (χ0) is 20.9. The zero-order valence-corrected chi connectivity index (χ0v) is 17.0. The minimum atomic E-state index is -3.73. The van der Waals surface area contributed by atoms with E-state index in [2.05, 4.69) is 10.6 Å². The third-order valence-electron chi connectivity index (χ3n) is 3.78. The molecular formula is C17H22N4O5S2. The molecule has 0 spiro atoms. The molecule has 0 heterocycles. The molecule has 0 bridgehead atoms. The van der Waals surface area contributed by atoms with Crippen molar-refractivity contribution in [1.29, 1.82) is 0 Å². The third-order valence-corrected chi connectivity index (χ3v) is 6.54. The topological polar surface area (TPSA) is 139 Å². The van der Waals surface area contributed by atoms with Crippen molar-refractivity contribution in [3.05, 3.63) is 54.1 Å².